The summed E-state index contributed by atoms with van der Waals surface area (Å²) in [5.74, 6) is -0.307. The molecule has 1 aliphatic rings. The Morgan fingerprint density at radius 1 is 1.18 bits per heavy atom. The van der Waals surface area contributed by atoms with E-state index in [2.05, 4.69) is 54.1 Å². The highest BCUT2D eigenvalue weighted by atomic mass is 32.1. The Morgan fingerprint density at radius 3 is 2.62 bits per heavy atom. The summed E-state index contributed by atoms with van der Waals surface area (Å²) < 4.78 is 5.07. The highest BCUT2D eigenvalue weighted by molar-refractivity contribution is 7.80. The summed E-state index contributed by atoms with van der Waals surface area (Å²) in [5, 5.41) is 4.06. The van der Waals surface area contributed by atoms with Crippen LogP contribution >= 0.6 is 12.2 Å². The van der Waals surface area contributed by atoms with Gasteiger partial charge in [-0.15, -0.1) is 0 Å². The monoisotopic (exact) mass is 481 g/mol. The number of carbonyl (C=O) groups is 1. The summed E-state index contributed by atoms with van der Waals surface area (Å²) in [6.07, 6.45) is 5.83. The second-order valence-corrected chi connectivity index (χ2v) is 9.41. The summed E-state index contributed by atoms with van der Waals surface area (Å²) in [5.41, 5.74) is 5.55. The van der Waals surface area contributed by atoms with Gasteiger partial charge in [0.25, 0.3) is 0 Å². The molecule has 0 aliphatic carbocycles. The molecule has 2 aromatic rings. The minimum Gasteiger partial charge on any atom is -0.462 e. The summed E-state index contributed by atoms with van der Waals surface area (Å²) in [6, 6.07) is 14.5. The van der Waals surface area contributed by atoms with Gasteiger partial charge in [-0.25, -0.2) is 4.79 Å². The normalized spacial score (nSPS) is 13.7. The number of thiocarbonyl (C=S) groups is 1. The number of ether oxygens (including phenoxy) is 1. The molecule has 2 aromatic carbocycles. The fraction of sp³-hybridized carbons (Fsp3) is 0.500. The van der Waals surface area contributed by atoms with Crippen molar-refractivity contribution in [3.8, 4) is 0 Å². The molecule has 184 valence electrons. The van der Waals surface area contributed by atoms with E-state index in [1.807, 2.05) is 12.1 Å². The van der Waals surface area contributed by atoms with Crippen LogP contribution in [-0.4, -0.2) is 41.7 Å². The van der Waals surface area contributed by atoms with Crippen molar-refractivity contribution in [2.45, 2.75) is 72.4 Å². The van der Waals surface area contributed by atoms with Crippen molar-refractivity contribution in [1.29, 1.82) is 0 Å². The Balaban J connectivity index is 1.71. The van der Waals surface area contributed by atoms with E-state index in [4.69, 9.17) is 17.0 Å². The fourth-order valence-electron chi connectivity index (χ4n) is 4.35. The molecule has 1 N–H and O–H groups in total. The molecule has 34 heavy (non-hydrogen) atoms. The number of carbonyl (C=O) groups excluding carboxylic acids is 1. The second-order valence-electron chi connectivity index (χ2n) is 9.02. The maximum atomic E-state index is 11.9. The van der Waals surface area contributed by atoms with E-state index in [9.17, 15) is 4.79 Å². The number of hydrogen-bond acceptors (Lipinski definition) is 4. The summed E-state index contributed by atoms with van der Waals surface area (Å²) in [4.78, 5) is 16.7. The molecule has 1 aliphatic heterocycles. The lowest BCUT2D eigenvalue weighted by atomic mass is 9.98. The number of rotatable bonds is 10. The highest BCUT2D eigenvalue weighted by Gasteiger charge is 2.20. The molecule has 0 aromatic heterocycles. The van der Waals surface area contributed by atoms with E-state index >= 15 is 0 Å². The van der Waals surface area contributed by atoms with Crippen LogP contribution in [0.5, 0.6) is 0 Å². The third kappa shape index (κ3) is 6.72. The molecule has 0 fully saturated rings. The first kappa shape index (κ1) is 26.0. The summed E-state index contributed by atoms with van der Waals surface area (Å²) in [7, 11) is 0. The van der Waals surface area contributed by atoms with Crippen LogP contribution in [0.2, 0.25) is 0 Å². The van der Waals surface area contributed by atoms with E-state index in [0.29, 0.717) is 23.3 Å². The van der Waals surface area contributed by atoms with Gasteiger partial charge in [0.05, 0.1) is 12.2 Å². The van der Waals surface area contributed by atoms with Crippen molar-refractivity contribution in [1.82, 2.24) is 4.90 Å². The van der Waals surface area contributed by atoms with E-state index in [0.717, 1.165) is 38.2 Å². The lowest BCUT2D eigenvalue weighted by Gasteiger charge is -2.34. The van der Waals surface area contributed by atoms with Crippen molar-refractivity contribution < 1.29 is 9.53 Å². The van der Waals surface area contributed by atoms with Gasteiger partial charge >= 0.3 is 5.97 Å². The Bertz CT molecular complexity index is 961. The van der Waals surface area contributed by atoms with Crippen LogP contribution in [-0.2, 0) is 17.7 Å². The largest absolute Gasteiger partial charge is 0.462 e. The van der Waals surface area contributed by atoms with Crippen LogP contribution in [0.15, 0.2) is 42.5 Å². The molecule has 3 rings (SSSR count). The topological polar surface area (TPSA) is 44.8 Å². The van der Waals surface area contributed by atoms with Gasteiger partial charge in [0, 0.05) is 37.1 Å². The second kappa shape index (κ2) is 12.7. The van der Waals surface area contributed by atoms with Crippen molar-refractivity contribution in [2.24, 2.45) is 0 Å². The Morgan fingerprint density at radius 2 is 1.94 bits per heavy atom. The number of nitrogens with one attached hydrogen (secondary N) is 1. The molecule has 0 radical (unpaired) electrons. The average molecular weight is 482 g/mol. The number of benzene rings is 2. The van der Waals surface area contributed by atoms with Crippen LogP contribution in [0, 0.1) is 0 Å². The SMILES string of the molecule is CCCCN1CCCc2cc(CN(C(=S)Nc3ccc(C(=O)OCC)cc3)[C@@H](C)CC)ccc21. The first-order valence-corrected chi connectivity index (χ1v) is 13.1. The van der Waals surface area contributed by atoms with Crippen molar-refractivity contribution in [3.63, 3.8) is 0 Å². The molecule has 1 atom stereocenters. The van der Waals surface area contributed by atoms with Gasteiger partial charge in [-0.1, -0.05) is 32.4 Å². The van der Waals surface area contributed by atoms with Crippen LogP contribution in [0.25, 0.3) is 0 Å². The van der Waals surface area contributed by atoms with Crippen LogP contribution < -0.4 is 10.2 Å². The Hall–Kier alpha value is -2.60. The number of unbranched alkanes of at least 4 members (excludes halogenated alkanes) is 1. The van der Waals surface area contributed by atoms with Gasteiger partial charge in [-0.05, 0) is 93.2 Å². The molecule has 5 nitrogen and oxygen atoms in total. The van der Waals surface area contributed by atoms with Crippen molar-refractivity contribution in [3.05, 3.63) is 59.2 Å². The van der Waals surface area contributed by atoms with Crippen LogP contribution in [0.3, 0.4) is 0 Å². The van der Waals surface area contributed by atoms with Crippen LogP contribution in [0.4, 0.5) is 11.4 Å². The number of aryl methyl sites for hydroxylation is 1. The smallest absolute Gasteiger partial charge is 0.338 e. The van der Waals surface area contributed by atoms with E-state index in [1.165, 1.54) is 36.1 Å². The van der Waals surface area contributed by atoms with Crippen molar-refractivity contribution in [2.75, 3.05) is 29.9 Å². The minimum atomic E-state index is -0.307. The van der Waals surface area contributed by atoms with Crippen LogP contribution in [0.1, 0.15) is 74.9 Å². The zero-order chi connectivity index (χ0) is 24.5. The third-order valence-corrected chi connectivity index (χ3v) is 6.86. The number of nitrogens with zero attached hydrogens (tertiary/aromatic N) is 2. The van der Waals surface area contributed by atoms with Crippen molar-refractivity contribution >= 4 is 34.7 Å². The highest BCUT2D eigenvalue weighted by Crippen LogP contribution is 2.29. The van der Waals surface area contributed by atoms with Gasteiger partial charge < -0.3 is 19.9 Å². The fourth-order valence-corrected chi connectivity index (χ4v) is 4.71. The summed E-state index contributed by atoms with van der Waals surface area (Å²) in [6.45, 7) is 11.9. The quantitative estimate of drug-likeness (QED) is 0.312. The maximum Gasteiger partial charge on any atom is 0.338 e. The molecule has 0 bridgehead atoms. The van der Waals surface area contributed by atoms with Gasteiger partial charge in [-0.3, -0.25) is 0 Å². The number of hydrogen-bond donors (Lipinski definition) is 1. The van der Waals surface area contributed by atoms with E-state index in [1.54, 1.807) is 19.1 Å². The predicted octanol–water partition coefficient (Wildman–Crippen LogP) is 6.41. The molecule has 0 spiro atoms. The lowest BCUT2D eigenvalue weighted by molar-refractivity contribution is 0.0526. The maximum absolute atomic E-state index is 11.9. The molecular formula is C28H39N3O2S. The first-order chi connectivity index (χ1) is 16.5. The Kier molecular flexibility index (Phi) is 9.75. The number of esters is 1. The molecule has 1 heterocycles. The predicted molar refractivity (Wildman–Crippen MR) is 146 cm³/mol. The van der Waals surface area contributed by atoms with Gasteiger partial charge in [0.15, 0.2) is 5.11 Å². The lowest BCUT2D eigenvalue weighted by Crippen LogP contribution is -2.40. The number of fused-ring (bicyclic) bond motifs is 1. The molecule has 0 saturated carbocycles. The molecule has 0 amide bonds. The van der Waals surface area contributed by atoms with Gasteiger partial charge in [0.2, 0.25) is 0 Å². The van der Waals surface area contributed by atoms with E-state index in [-0.39, 0.29) is 5.97 Å². The molecular weight excluding hydrogens is 442 g/mol. The molecule has 6 heteroatoms. The van der Waals surface area contributed by atoms with E-state index < -0.39 is 0 Å². The number of anilines is 2. The first-order valence-electron chi connectivity index (χ1n) is 12.7. The standard InChI is InChI=1S/C28H39N3O2S/c1-5-8-17-30-18-9-10-24-19-22(11-16-26(24)30)20-31(21(4)6-2)28(34)29-25-14-12-23(13-15-25)27(32)33-7-3/h11-16,19,21H,5-10,17-18,20H2,1-4H3,(H,29,34)/t21-/m0/s1. The Labute approximate surface area is 210 Å². The average Bonchev–Trinajstić information content (AvgIpc) is 2.85. The molecule has 0 saturated heterocycles. The zero-order valence-corrected chi connectivity index (χ0v) is 21.9. The summed E-state index contributed by atoms with van der Waals surface area (Å²) >= 11 is 5.83. The third-order valence-electron chi connectivity index (χ3n) is 6.52. The van der Waals surface area contributed by atoms with Gasteiger partial charge in [0.1, 0.15) is 0 Å². The zero-order valence-electron chi connectivity index (χ0n) is 21.1. The molecule has 0 unspecified atom stereocenters. The minimum absolute atomic E-state index is 0.302. The van der Waals surface area contributed by atoms with Gasteiger partial charge in [-0.2, -0.15) is 0 Å².